The molecule has 0 saturated heterocycles. The van der Waals surface area contributed by atoms with Crippen molar-refractivity contribution >= 4 is 5.97 Å². The van der Waals surface area contributed by atoms with Crippen LogP contribution in [0.4, 0.5) is 0 Å². The van der Waals surface area contributed by atoms with Gasteiger partial charge in [0.2, 0.25) is 0 Å². The van der Waals surface area contributed by atoms with Gasteiger partial charge >= 0.3 is 5.97 Å². The highest BCUT2D eigenvalue weighted by molar-refractivity contribution is 5.65. The Hall–Kier alpha value is -0.830. The van der Waals surface area contributed by atoms with Crippen LogP contribution in [0.15, 0.2) is 11.6 Å². The summed E-state index contributed by atoms with van der Waals surface area (Å²) in [5.74, 6) is 2.64. The number of carbonyl (C=O) groups excluding carboxylic acids is 1. The average Bonchev–Trinajstić information content (AvgIpc) is 2.56. The van der Waals surface area contributed by atoms with Gasteiger partial charge in [-0.05, 0) is 67.6 Å². The topological polar surface area (TPSA) is 46.5 Å². The quantitative estimate of drug-likeness (QED) is 0.592. The van der Waals surface area contributed by atoms with Gasteiger partial charge in [-0.3, -0.25) is 4.79 Å². The first-order valence-corrected chi connectivity index (χ1v) is 10.2. The van der Waals surface area contributed by atoms with E-state index in [-0.39, 0.29) is 18.0 Å². The number of ether oxygens (including phenoxy) is 1. The van der Waals surface area contributed by atoms with E-state index < -0.39 is 0 Å². The maximum absolute atomic E-state index is 11.4. The molecule has 25 heavy (non-hydrogen) atoms. The van der Waals surface area contributed by atoms with Gasteiger partial charge < -0.3 is 9.84 Å². The van der Waals surface area contributed by atoms with Crippen molar-refractivity contribution in [1.29, 1.82) is 0 Å². The zero-order valence-corrected chi connectivity index (χ0v) is 16.5. The minimum Gasteiger partial charge on any atom is -0.465 e. The molecule has 0 amide bonds. The first-order valence-electron chi connectivity index (χ1n) is 10.2. The van der Waals surface area contributed by atoms with Gasteiger partial charge in [-0.2, -0.15) is 0 Å². The third-order valence-electron chi connectivity index (χ3n) is 8.18. The van der Waals surface area contributed by atoms with Crippen LogP contribution in [0.2, 0.25) is 0 Å². The fraction of sp³-hybridized carbons (Fsp3) is 0.864. The van der Waals surface area contributed by atoms with Gasteiger partial charge in [-0.15, -0.1) is 0 Å². The van der Waals surface area contributed by atoms with Crippen LogP contribution in [0.3, 0.4) is 0 Å². The van der Waals surface area contributed by atoms with Crippen LogP contribution in [-0.4, -0.2) is 24.3 Å². The van der Waals surface area contributed by atoms with Gasteiger partial charge in [0.05, 0.1) is 13.2 Å². The summed E-state index contributed by atoms with van der Waals surface area (Å²) in [5.41, 5.74) is 1.98. The van der Waals surface area contributed by atoms with Gasteiger partial charge in [-0.1, -0.05) is 38.8 Å². The molecule has 3 aliphatic carbocycles. The molecule has 3 nitrogen and oxygen atoms in total. The summed E-state index contributed by atoms with van der Waals surface area (Å²) in [6.45, 7) is 9.57. The Bertz CT molecular complexity index is 539. The van der Waals surface area contributed by atoms with Crippen LogP contribution < -0.4 is 0 Å². The summed E-state index contributed by atoms with van der Waals surface area (Å²) in [4.78, 5) is 11.4. The molecule has 3 rings (SSSR count). The Morgan fingerprint density at radius 3 is 2.72 bits per heavy atom. The number of carbonyl (C=O) groups is 1. The lowest BCUT2D eigenvalue weighted by molar-refractivity contribution is -0.161. The summed E-state index contributed by atoms with van der Waals surface area (Å²) in [6.07, 6.45) is 10.8. The van der Waals surface area contributed by atoms with Crippen molar-refractivity contribution in [2.24, 2.45) is 34.5 Å². The average molecular weight is 349 g/mol. The number of hydrogen-bond acceptors (Lipinski definition) is 3. The molecule has 3 saturated carbocycles. The molecule has 0 bridgehead atoms. The van der Waals surface area contributed by atoms with Crippen molar-refractivity contribution < 1.29 is 14.6 Å². The highest BCUT2D eigenvalue weighted by Crippen LogP contribution is 2.65. The van der Waals surface area contributed by atoms with Crippen LogP contribution in [-0.2, 0) is 9.53 Å². The van der Waals surface area contributed by atoms with Gasteiger partial charge in [0.25, 0.3) is 0 Å². The van der Waals surface area contributed by atoms with Crippen molar-refractivity contribution in [2.45, 2.75) is 72.6 Å². The van der Waals surface area contributed by atoms with E-state index in [1.54, 1.807) is 0 Å². The third kappa shape index (κ3) is 3.29. The lowest BCUT2D eigenvalue weighted by Crippen LogP contribution is -2.55. The summed E-state index contributed by atoms with van der Waals surface area (Å²) >= 11 is 0. The van der Waals surface area contributed by atoms with Crippen molar-refractivity contribution in [1.82, 2.24) is 0 Å². The van der Waals surface area contributed by atoms with Crippen molar-refractivity contribution in [3.63, 3.8) is 0 Å². The second-order valence-corrected chi connectivity index (χ2v) is 9.48. The minimum absolute atomic E-state index is 0.133. The molecule has 0 radical (unpaired) electrons. The van der Waals surface area contributed by atoms with E-state index in [4.69, 9.17) is 4.74 Å². The van der Waals surface area contributed by atoms with E-state index in [0.29, 0.717) is 23.9 Å². The van der Waals surface area contributed by atoms with Crippen LogP contribution in [0.5, 0.6) is 0 Å². The Kier molecular flexibility index (Phi) is 5.35. The SMILES string of the molecule is CC(=O)OCC1(C)CCCC2(C)C3CCC(=CCO)C(C)C3CCC12. The van der Waals surface area contributed by atoms with E-state index in [2.05, 4.69) is 26.8 Å². The monoisotopic (exact) mass is 348 g/mol. The lowest BCUT2D eigenvalue weighted by Gasteiger charge is -2.62. The Balaban J connectivity index is 1.84. The van der Waals surface area contributed by atoms with E-state index in [1.165, 1.54) is 51.0 Å². The fourth-order valence-electron chi connectivity index (χ4n) is 7.00. The molecular formula is C22H36O3. The summed E-state index contributed by atoms with van der Waals surface area (Å²) in [6, 6.07) is 0. The normalized spacial score (nSPS) is 45.6. The number of hydrogen-bond donors (Lipinski definition) is 1. The van der Waals surface area contributed by atoms with Crippen molar-refractivity contribution in [2.75, 3.05) is 13.2 Å². The number of rotatable bonds is 3. The number of aliphatic hydroxyl groups is 1. The van der Waals surface area contributed by atoms with E-state index in [9.17, 15) is 9.90 Å². The second-order valence-electron chi connectivity index (χ2n) is 9.48. The summed E-state index contributed by atoms with van der Waals surface area (Å²) in [7, 11) is 0. The van der Waals surface area contributed by atoms with Gasteiger partial charge in [-0.25, -0.2) is 0 Å². The Morgan fingerprint density at radius 1 is 1.28 bits per heavy atom. The van der Waals surface area contributed by atoms with E-state index in [0.717, 1.165) is 18.3 Å². The molecule has 1 N–H and O–H groups in total. The number of allylic oxidation sites excluding steroid dienone is 1. The first kappa shape index (κ1) is 18.9. The Labute approximate surface area is 153 Å². The highest BCUT2D eigenvalue weighted by atomic mass is 16.5. The maximum Gasteiger partial charge on any atom is 0.302 e. The fourth-order valence-corrected chi connectivity index (χ4v) is 7.00. The molecule has 6 unspecified atom stereocenters. The van der Waals surface area contributed by atoms with E-state index >= 15 is 0 Å². The number of fused-ring (bicyclic) bond motifs is 3. The largest absolute Gasteiger partial charge is 0.465 e. The van der Waals surface area contributed by atoms with Crippen LogP contribution in [0.1, 0.15) is 72.6 Å². The third-order valence-corrected chi connectivity index (χ3v) is 8.18. The molecule has 0 aromatic carbocycles. The molecule has 3 fully saturated rings. The molecule has 3 aliphatic rings. The molecule has 142 valence electrons. The second kappa shape index (κ2) is 7.06. The Morgan fingerprint density at radius 2 is 2.04 bits per heavy atom. The van der Waals surface area contributed by atoms with Crippen molar-refractivity contribution in [3.05, 3.63) is 11.6 Å². The smallest absolute Gasteiger partial charge is 0.302 e. The standard InChI is InChI=1S/C22H36O3/c1-15-17(10-13-23)6-8-19-18(15)7-9-20-21(3,14-25-16(2)24)11-5-12-22(19,20)4/h10,15,18-20,23H,5-9,11-14H2,1-4H3. The molecule has 0 spiro atoms. The van der Waals surface area contributed by atoms with Crippen molar-refractivity contribution in [3.8, 4) is 0 Å². The molecule has 0 heterocycles. The maximum atomic E-state index is 11.4. The van der Waals surface area contributed by atoms with Gasteiger partial charge in [0.15, 0.2) is 0 Å². The van der Waals surface area contributed by atoms with E-state index in [1.807, 2.05) is 0 Å². The van der Waals surface area contributed by atoms with Gasteiger partial charge in [0.1, 0.15) is 0 Å². The first-order chi connectivity index (χ1) is 11.8. The predicted octanol–water partition coefficient (Wildman–Crippen LogP) is 4.74. The zero-order chi connectivity index (χ0) is 18.2. The molecule has 0 aromatic rings. The summed E-state index contributed by atoms with van der Waals surface area (Å²) < 4.78 is 5.51. The van der Waals surface area contributed by atoms with Crippen LogP contribution in [0, 0.1) is 34.5 Å². The number of aliphatic hydroxyl groups excluding tert-OH is 1. The zero-order valence-electron chi connectivity index (χ0n) is 16.5. The highest BCUT2D eigenvalue weighted by Gasteiger charge is 2.57. The minimum atomic E-state index is -0.146. The predicted molar refractivity (Wildman–Crippen MR) is 100.0 cm³/mol. The molecule has 6 atom stereocenters. The molecule has 3 heteroatoms. The summed E-state index contributed by atoms with van der Waals surface area (Å²) in [5, 5.41) is 9.33. The van der Waals surface area contributed by atoms with Crippen LogP contribution in [0.25, 0.3) is 0 Å². The molecule has 0 aromatic heterocycles. The van der Waals surface area contributed by atoms with Crippen LogP contribution >= 0.6 is 0 Å². The molecule has 0 aliphatic heterocycles. The number of esters is 1. The van der Waals surface area contributed by atoms with Gasteiger partial charge in [0, 0.05) is 12.3 Å². The molecular weight excluding hydrogens is 312 g/mol. The lowest BCUT2D eigenvalue weighted by atomic mass is 9.43.